The molecule has 0 saturated carbocycles. The Kier molecular flexibility index (Phi) is 8.68. The van der Waals surface area contributed by atoms with Crippen LogP contribution in [0.3, 0.4) is 0 Å². The lowest BCUT2D eigenvalue weighted by atomic mass is 10.1. The first-order valence-corrected chi connectivity index (χ1v) is 10.6. The van der Waals surface area contributed by atoms with Crippen molar-refractivity contribution >= 4 is 17.9 Å². The lowest BCUT2D eigenvalue weighted by Crippen LogP contribution is -2.47. The second kappa shape index (κ2) is 11.9. The van der Waals surface area contributed by atoms with Gasteiger partial charge in [0.05, 0.1) is 21.3 Å². The highest BCUT2D eigenvalue weighted by molar-refractivity contribution is 5.91. The van der Waals surface area contributed by atoms with Crippen molar-refractivity contribution in [3.8, 4) is 17.2 Å². The van der Waals surface area contributed by atoms with E-state index in [0.29, 0.717) is 23.8 Å². The van der Waals surface area contributed by atoms with Crippen molar-refractivity contribution in [2.45, 2.75) is 6.42 Å². The molecule has 2 aromatic rings. The number of piperazine rings is 1. The maximum atomic E-state index is 12.2. The molecule has 1 amide bonds. The molecule has 9 heteroatoms. The third-order valence-corrected chi connectivity index (χ3v) is 5.27. The average Bonchev–Trinajstić information content (AvgIpc) is 2.85. The lowest BCUT2D eigenvalue weighted by molar-refractivity contribution is -0.116. The standard InChI is InChI=1S/C23H31N5O4/c1-30-19-16-18(17-20(31-2)22(19)32-3)6-7-21(29)24-10-5-11-27-12-14-28(15-13-27)23-25-8-4-9-26-23/h4,6-9,16-17H,5,10-15H2,1-3H3,(H,24,29). The van der Waals surface area contributed by atoms with Gasteiger partial charge in [0.2, 0.25) is 17.6 Å². The molecule has 1 fully saturated rings. The number of hydrogen-bond donors (Lipinski definition) is 1. The van der Waals surface area contributed by atoms with E-state index in [-0.39, 0.29) is 5.91 Å². The molecule has 1 aromatic heterocycles. The van der Waals surface area contributed by atoms with Gasteiger partial charge in [-0.2, -0.15) is 0 Å². The smallest absolute Gasteiger partial charge is 0.243 e. The molecule has 1 saturated heterocycles. The quantitative estimate of drug-likeness (QED) is 0.441. The number of nitrogens with one attached hydrogen (secondary N) is 1. The van der Waals surface area contributed by atoms with Gasteiger partial charge in [-0.05, 0) is 42.8 Å². The molecule has 0 spiro atoms. The Morgan fingerprint density at radius 2 is 1.69 bits per heavy atom. The Balaban J connectivity index is 1.39. The number of methoxy groups -OCH3 is 3. The Morgan fingerprint density at radius 3 is 2.28 bits per heavy atom. The molecule has 1 aliphatic heterocycles. The van der Waals surface area contributed by atoms with Crippen molar-refractivity contribution in [2.75, 3.05) is 65.5 Å². The van der Waals surface area contributed by atoms with Gasteiger partial charge in [-0.1, -0.05) is 0 Å². The van der Waals surface area contributed by atoms with Gasteiger partial charge in [-0.3, -0.25) is 9.69 Å². The van der Waals surface area contributed by atoms with E-state index in [4.69, 9.17) is 14.2 Å². The zero-order valence-electron chi connectivity index (χ0n) is 18.9. The molecule has 0 bridgehead atoms. The number of anilines is 1. The van der Waals surface area contributed by atoms with Gasteiger partial charge in [-0.15, -0.1) is 0 Å². The number of nitrogens with zero attached hydrogens (tertiary/aromatic N) is 4. The van der Waals surface area contributed by atoms with E-state index >= 15 is 0 Å². The van der Waals surface area contributed by atoms with Gasteiger partial charge < -0.3 is 24.4 Å². The normalized spacial score (nSPS) is 14.4. The van der Waals surface area contributed by atoms with Gasteiger partial charge in [-0.25, -0.2) is 9.97 Å². The highest BCUT2D eigenvalue weighted by Gasteiger charge is 2.18. The van der Waals surface area contributed by atoms with Gasteiger partial charge in [0.15, 0.2) is 11.5 Å². The molecular formula is C23H31N5O4. The van der Waals surface area contributed by atoms with Gasteiger partial charge >= 0.3 is 0 Å². The first-order valence-electron chi connectivity index (χ1n) is 10.6. The first-order chi connectivity index (χ1) is 15.6. The van der Waals surface area contributed by atoms with Crippen LogP contribution in [-0.4, -0.2) is 81.4 Å². The molecule has 1 aromatic carbocycles. The minimum Gasteiger partial charge on any atom is -0.493 e. The summed E-state index contributed by atoms with van der Waals surface area (Å²) in [6.07, 6.45) is 7.68. The number of carbonyl (C=O) groups is 1. The molecular weight excluding hydrogens is 410 g/mol. The summed E-state index contributed by atoms with van der Waals surface area (Å²) in [6, 6.07) is 5.42. The maximum Gasteiger partial charge on any atom is 0.243 e. The van der Waals surface area contributed by atoms with Crippen LogP contribution in [0.25, 0.3) is 6.08 Å². The fourth-order valence-electron chi connectivity index (χ4n) is 3.57. The van der Waals surface area contributed by atoms with Crippen molar-refractivity contribution in [3.63, 3.8) is 0 Å². The van der Waals surface area contributed by atoms with E-state index in [9.17, 15) is 4.79 Å². The van der Waals surface area contributed by atoms with Gasteiger partial charge in [0.1, 0.15) is 0 Å². The summed E-state index contributed by atoms with van der Waals surface area (Å²) in [4.78, 5) is 25.4. The van der Waals surface area contributed by atoms with Gasteiger partial charge in [0.25, 0.3) is 0 Å². The fourth-order valence-corrected chi connectivity index (χ4v) is 3.57. The van der Waals surface area contributed by atoms with Crippen molar-refractivity contribution in [1.82, 2.24) is 20.2 Å². The number of rotatable bonds is 10. The Labute approximate surface area is 189 Å². The van der Waals surface area contributed by atoms with Crippen LogP contribution < -0.4 is 24.4 Å². The summed E-state index contributed by atoms with van der Waals surface area (Å²) in [5, 5.41) is 2.94. The summed E-state index contributed by atoms with van der Waals surface area (Å²) >= 11 is 0. The Morgan fingerprint density at radius 1 is 1.03 bits per heavy atom. The van der Waals surface area contributed by atoms with Crippen LogP contribution in [0.15, 0.2) is 36.7 Å². The molecule has 172 valence electrons. The predicted octanol–water partition coefficient (Wildman–Crippen LogP) is 1.84. The second-order valence-electron chi connectivity index (χ2n) is 7.31. The maximum absolute atomic E-state index is 12.2. The second-order valence-corrected chi connectivity index (χ2v) is 7.31. The minimum atomic E-state index is -0.134. The molecule has 1 N–H and O–H groups in total. The van der Waals surface area contributed by atoms with Crippen LogP contribution in [0.5, 0.6) is 17.2 Å². The van der Waals surface area contributed by atoms with Crippen molar-refractivity contribution in [2.24, 2.45) is 0 Å². The monoisotopic (exact) mass is 441 g/mol. The third kappa shape index (κ3) is 6.34. The topological polar surface area (TPSA) is 89.1 Å². The number of ether oxygens (including phenoxy) is 3. The molecule has 32 heavy (non-hydrogen) atoms. The van der Waals surface area contributed by atoms with Crippen LogP contribution in [0.4, 0.5) is 5.95 Å². The van der Waals surface area contributed by atoms with E-state index < -0.39 is 0 Å². The summed E-state index contributed by atoms with van der Waals surface area (Å²) in [5.41, 5.74) is 0.787. The number of hydrogen-bond acceptors (Lipinski definition) is 8. The predicted molar refractivity (Wildman–Crippen MR) is 123 cm³/mol. The average molecular weight is 442 g/mol. The Hall–Kier alpha value is -3.33. The zero-order chi connectivity index (χ0) is 22.8. The zero-order valence-corrected chi connectivity index (χ0v) is 18.9. The van der Waals surface area contributed by atoms with Crippen LogP contribution in [-0.2, 0) is 4.79 Å². The Bertz CT molecular complexity index is 874. The SMILES string of the molecule is COc1cc(C=CC(=O)NCCCN2CCN(c3ncccn3)CC2)cc(OC)c1OC. The molecule has 0 unspecified atom stereocenters. The van der Waals surface area contributed by atoms with E-state index in [1.54, 1.807) is 51.9 Å². The van der Waals surface area contributed by atoms with Gasteiger partial charge in [0, 0.05) is 51.2 Å². The fraction of sp³-hybridized carbons (Fsp3) is 0.435. The first kappa shape index (κ1) is 23.3. The van der Waals surface area contributed by atoms with Crippen LogP contribution in [0.1, 0.15) is 12.0 Å². The highest BCUT2D eigenvalue weighted by atomic mass is 16.5. The van der Waals surface area contributed by atoms with Crippen LogP contribution >= 0.6 is 0 Å². The number of benzene rings is 1. The van der Waals surface area contributed by atoms with E-state index in [1.165, 1.54) is 6.08 Å². The van der Waals surface area contributed by atoms with Crippen molar-refractivity contribution < 1.29 is 19.0 Å². The van der Waals surface area contributed by atoms with E-state index in [0.717, 1.165) is 50.7 Å². The van der Waals surface area contributed by atoms with Crippen LogP contribution in [0.2, 0.25) is 0 Å². The van der Waals surface area contributed by atoms with Crippen molar-refractivity contribution in [3.05, 3.63) is 42.2 Å². The molecule has 3 rings (SSSR count). The minimum absolute atomic E-state index is 0.134. The molecule has 1 aliphatic rings. The van der Waals surface area contributed by atoms with E-state index in [2.05, 4.69) is 25.1 Å². The van der Waals surface area contributed by atoms with Crippen molar-refractivity contribution in [1.29, 1.82) is 0 Å². The number of aromatic nitrogens is 2. The summed E-state index contributed by atoms with van der Waals surface area (Å²) in [7, 11) is 4.68. The largest absolute Gasteiger partial charge is 0.493 e. The molecule has 0 radical (unpaired) electrons. The third-order valence-electron chi connectivity index (χ3n) is 5.27. The summed E-state index contributed by atoms with van der Waals surface area (Å²) in [6.45, 7) is 5.32. The molecule has 0 atom stereocenters. The highest BCUT2D eigenvalue weighted by Crippen LogP contribution is 2.38. The van der Waals surface area contributed by atoms with E-state index in [1.807, 2.05) is 6.07 Å². The summed E-state index contributed by atoms with van der Waals surface area (Å²) in [5.74, 6) is 2.27. The number of amides is 1. The molecule has 0 aliphatic carbocycles. The van der Waals surface area contributed by atoms with Crippen LogP contribution in [0, 0.1) is 0 Å². The number of carbonyl (C=O) groups excluding carboxylic acids is 1. The summed E-state index contributed by atoms with van der Waals surface area (Å²) < 4.78 is 16.0. The molecule has 9 nitrogen and oxygen atoms in total. The molecule has 2 heterocycles. The lowest BCUT2D eigenvalue weighted by Gasteiger charge is -2.34.